The van der Waals surface area contributed by atoms with Gasteiger partial charge in [0.15, 0.2) is 0 Å². The van der Waals surface area contributed by atoms with E-state index in [0.29, 0.717) is 11.4 Å². The number of nitrogens with zero attached hydrogens (tertiary/aromatic N) is 2. The van der Waals surface area contributed by atoms with Crippen molar-refractivity contribution >= 4 is 24.2 Å². The van der Waals surface area contributed by atoms with Gasteiger partial charge in [-0.25, -0.2) is 10.9 Å². The minimum atomic E-state index is -0.542. The summed E-state index contributed by atoms with van der Waals surface area (Å²) in [7, 11) is 0. The van der Waals surface area contributed by atoms with Crippen molar-refractivity contribution in [2.45, 2.75) is 0 Å². The molecule has 0 spiro atoms. The number of aromatic nitrogens is 1. The molecule has 0 saturated carbocycles. The van der Waals surface area contributed by atoms with Gasteiger partial charge in [-0.05, 0) is 36.4 Å². The zero-order chi connectivity index (χ0) is 20.6. The van der Waals surface area contributed by atoms with E-state index >= 15 is 0 Å². The van der Waals surface area contributed by atoms with Crippen LogP contribution in [0.3, 0.4) is 0 Å². The summed E-state index contributed by atoms with van der Waals surface area (Å²) in [5.41, 5.74) is 6.02. The second kappa shape index (κ2) is 9.00. The van der Waals surface area contributed by atoms with Gasteiger partial charge in [0.25, 0.3) is 11.8 Å². The number of amides is 2. The molecule has 3 rings (SSSR count). The van der Waals surface area contributed by atoms with E-state index in [1.165, 1.54) is 36.7 Å². The number of H-pyrrole nitrogens is 1. The topological polar surface area (TPSA) is 139 Å². The SMILES string of the molecule is O=C(N/N=C/c1ccc(/C=N/NC(=O)c2ccccc2O)[nH]1)c1ccccc1O. The van der Waals surface area contributed by atoms with Gasteiger partial charge in [0.2, 0.25) is 0 Å². The summed E-state index contributed by atoms with van der Waals surface area (Å²) in [4.78, 5) is 26.8. The Bertz CT molecular complexity index is 1000. The zero-order valence-electron chi connectivity index (χ0n) is 15.0. The minimum absolute atomic E-state index is 0.115. The van der Waals surface area contributed by atoms with Gasteiger partial charge in [0.1, 0.15) is 11.5 Å². The number of benzene rings is 2. The molecule has 0 atom stereocenters. The third-order valence-corrected chi connectivity index (χ3v) is 3.77. The minimum Gasteiger partial charge on any atom is -0.507 e. The van der Waals surface area contributed by atoms with Crippen LogP contribution in [0.15, 0.2) is 70.9 Å². The molecular weight excluding hydrogens is 374 g/mol. The fourth-order valence-electron chi connectivity index (χ4n) is 2.35. The maximum absolute atomic E-state index is 11.9. The van der Waals surface area contributed by atoms with Crippen molar-refractivity contribution in [2.24, 2.45) is 10.2 Å². The molecule has 146 valence electrons. The number of hydrazone groups is 2. The molecule has 0 fully saturated rings. The summed E-state index contributed by atoms with van der Waals surface area (Å²) in [5, 5.41) is 26.9. The van der Waals surface area contributed by atoms with Crippen LogP contribution in [0.4, 0.5) is 0 Å². The molecule has 1 aromatic heterocycles. The molecule has 0 radical (unpaired) electrons. The molecular formula is C20H17N5O4. The van der Waals surface area contributed by atoms with Crippen LogP contribution in [0.1, 0.15) is 32.1 Å². The standard InChI is InChI=1S/C20H17N5O4/c26-17-7-3-1-5-15(17)19(28)24-21-11-13-9-10-14(23-13)12-22-25-20(29)16-6-2-4-8-18(16)27/h1-12,23,26-27H,(H,24,28)(H,25,29)/b21-11+,22-12+. The quantitative estimate of drug-likeness (QED) is 0.324. The Hall–Kier alpha value is -4.40. The fraction of sp³-hybridized carbons (Fsp3) is 0. The van der Waals surface area contributed by atoms with Gasteiger partial charge in [-0.15, -0.1) is 0 Å². The van der Waals surface area contributed by atoms with Gasteiger partial charge < -0.3 is 15.2 Å². The lowest BCUT2D eigenvalue weighted by molar-refractivity contribution is 0.0944. The highest BCUT2D eigenvalue weighted by atomic mass is 16.3. The highest BCUT2D eigenvalue weighted by Crippen LogP contribution is 2.15. The summed E-state index contributed by atoms with van der Waals surface area (Å²) in [5.74, 6) is -1.35. The average Bonchev–Trinajstić information content (AvgIpc) is 3.16. The van der Waals surface area contributed by atoms with Gasteiger partial charge in [-0.2, -0.15) is 10.2 Å². The molecule has 29 heavy (non-hydrogen) atoms. The maximum Gasteiger partial charge on any atom is 0.275 e. The highest BCUT2D eigenvalue weighted by Gasteiger charge is 2.09. The molecule has 0 bridgehead atoms. The summed E-state index contributed by atoms with van der Waals surface area (Å²) in [6.07, 6.45) is 2.77. The highest BCUT2D eigenvalue weighted by molar-refractivity contribution is 5.98. The Morgan fingerprint density at radius 2 is 1.14 bits per heavy atom. The van der Waals surface area contributed by atoms with E-state index in [1.807, 2.05) is 0 Å². The molecule has 0 unspecified atom stereocenters. The second-order valence-electron chi connectivity index (χ2n) is 5.80. The Labute approximate surface area is 165 Å². The first kappa shape index (κ1) is 19.4. The van der Waals surface area contributed by atoms with E-state index in [0.717, 1.165) is 0 Å². The Balaban J connectivity index is 1.54. The number of hydrogen-bond acceptors (Lipinski definition) is 6. The molecule has 1 heterocycles. The normalized spacial score (nSPS) is 11.0. The largest absolute Gasteiger partial charge is 0.507 e. The van der Waals surface area contributed by atoms with Crippen LogP contribution in [0.2, 0.25) is 0 Å². The van der Waals surface area contributed by atoms with Gasteiger partial charge in [-0.1, -0.05) is 24.3 Å². The summed E-state index contributed by atoms with van der Waals surface area (Å²) in [6, 6.07) is 15.7. The van der Waals surface area contributed by atoms with Crippen LogP contribution in [0, 0.1) is 0 Å². The first-order chi connectivity index (χ1) is 14.0. The van der Waals surface area contributed by atoms with Crippen molar-refractivity contribution < 1.29 is 19.8 Å². The number of hydrogen-bond donors (Lipinski definition) is 5. The Morgan fingerprint density at radius 1 is 0.724 bits per heavy atom. The first-order valence-electron chi connectivity index (χ1n) is 8.46. The predicted octanol–water partition coefficient (Wildman–Crippen LogP) is 1.95. The lowest BCUT2D eigenvalue weighted by Crippen LogP contribution is -2.17. The number of para-hydroxylation sites is 2. The number of carbonyl (C=O) groups excluding carboxylic acids is 2. The number of nitrogens with one attached hydrogen (secondary N) is 3. The smallest absolute Gasteiger partial charge is 0.275 e. The summed E-state index contributed by atoms with van der Waals surface area (Å²) >= 11 is 0. The van der Waals surface area contributed by atoms with E-state index in [9.17, 15) is 19.8 Å². The third kappa shape index (κ3) is 5.07. The van der Waals surface area contributed by atoms with Crippen LogP contribution >= 0.6 is 0 Å². The van der Waals surface area contributed by atoms with Crippen molar-refractivity contribution in [3.05, 3.63) is 83.2 Å². The summed E-state index contributed by atoms with van der Waals surface area (Å²) < 4.78 is 0. The van der Waals surface area contributed by atoms with Gasteiger partial charge in [0.05, 0.1) is 34.9 Å². The van der Waals surface area contributed by atoms with Crippen molar-refractivity contribution in [1.29, 1.82) is 0 Å². The van der Waals surface area contributed by atoms with Crippen LogP contribution in [-0.4, -0.2) is 39.4 Å². The van der Waals surface area contributed by atoms with Gasteiger partial charge in [-0.3, -0.25) is 9.59 Å². The molecule has 9 nitrogen and oxygen atoms in total. The number of aromatic amines is 1. The molecule has 2 aromatic carbocycles. The Kier molecular flexibility index (Phi) is 6.01. The monoisotopic (exact) mass is 391 g/mol. The van der Waals surface area contributed by atoms with Crippen molar-refractivity contribution in [1.82, 2.24) is 15.8 Å². The van der Waals surface area contributed by atoms with E-state index in [-0.39, 0.29) is 22.6 Å². The van der Waals surface area contributed by atoms with Crippen molar-refractivity contribution in [2.75, 3.05) is 0 Å². The number of phenolic OH excluding ortho intramolecular Hbond substituents is 2. The van der Waals surface area contributed by atoms with E-state index in [1.54, 1.807) is 36.4 Å². The number of rotatable bonds is 6. The first-order valence-corrected chi connectivity index (χ1v) is 8.46. The molecule has 5 N–H and O–H groups in total. The average molecular weight is 391 g/mol. The number of phenols is 2. The van der Waals surface area contributed by atoms with Crippen LogP contribution in [-0.2, 0) is 0 Å². The van der Waals surface area contributed by atoms with Gasteiger partial charge >= 0.3 is 0 Å². The molecule has 3 aromatic rings. The summed E-state index contributed by atoms with van der Waals surface area (Å²) in [6.45, 7) is 0. The molecule has 0 aliphatic rings. The van der Waals surface area contributed by atoms with Crippen LogP contribution in [0.25, 0.3) is 0 Å². The Morgan fingerprint density at radius 3 is 1.55 bits per heavy atom. The van der Waals surface area contributed by atoms with E-state index in [4.69, 9.17) is 0 Å². The zero-order valence-corrected chi connectivity index (χ0v) is 15.0. The molecule has 9 heteroatoms. The lowest BCUT2D eigenvalue weighted by atomic mass is 10.2. The maximum atomic E-state index is 11.9. The van der Waals surface area contributed by atoms with Crippen LogP contribution < -0.4 is 10.9 Å². The fourth-order valence-corrected chi connectivity index (χ4v) is 2.35. The van der Waals surface area contributed by atoms with Crippen molar-refractivity contribution in [3.8, 4) is 11.5 Å². The van der Waals surface area contributed by atoms with E-state index < -0.39 is 11.8 Å². The van der Waals surface area contributed by atoms with Crippen molar-refractivity contribution in [3.63, 3.8) is 0 Å². The molecule has 0 aliphatic heterocycles. The van der Waals surface area contributed by atoms with E-state index in [2.05, 4.69) is 26.0 Å². The second-order valence-corrected chi connectivity index (χ2v) is 5.80. The van der Waals surface area contributed by atoms with Crippen LogP contribution in [0.5, 0.6) is 11.5 Å². The third-order valence-electron chi connectivity index (χ3n) is 3.77. The lowest BCUT2D eigenvalue weighted by Gasteiger charge is -2.01. The number of carbonyl (C=O) groups is 2. The molecule has 0 saturated heterocycles. The number of aromatic hydroxyl groups is 2. The molecule has 2 amide bonds. The predicted molar refractivity (Wildman–Crippen MR) is 107 cm³/mol. The molecule has 0 aliphatic carbocycles. The van der Waals surface area contributed by atoms with Gasteiger partial charge in [0, 0.05) is 0 Å².